The Hall–Kier alpha value is -1.56. The summed E-state index contributed by atoms with van der Waals surface area (Å²) in [5, 5.41) is 0. The van der Waals surface area contributed by atoms with Crippen LogP contribution in [0, 0.1) is 0 Å². The fourth-order valence-electron chi connectivity index (χ4n) is 2.58. The number of ketones is 1. The first-order chi connectivity index (χ1) is 11.5. The van der Waals surface area contributed by atoms with Crippen LogP contribution in [-0.4, -0.2) is 24.2 Å². The Balaban J connectivity index is 2.49. The number of benzene rings is 2. The zero-order valence-corrected chi connectivity index (χ0v) is 17.4. The van der Waals surface area contributed by atoms with Crippen LogP contribution in [0.25, 0.3) is 0 Å². The number of carbonyl (C=O) groups is 1. The van der Waals surface area contributed by atoms with Gasteiger partial charge in [0.2, 0.25) is 0 Å². The van der Waals surface area contributed by atoms with Crippen molar-refractivity contribution in [3.05, 3.63) is 81.5 Å². The third-order valence-corrected chi connectivity index (χ3v) is 10.5. The van der Waals surface area contributed by atoms with Gasteiger partial charge in [0.05, 0.1) is 0 Å². The van der Waals surface area contributed by atoms with Crippen LogP contribution in [0.2, 0.25) is 14.8 Å². The van der Waals surface area contributed by atoms with Gasteiger partial charge in [0.1, 0.15) is 0 Å². The van der Waals surface area contributed by atoms with Crippen molar-refractivity contribution >= 4 is 24.2 Å². The Morgan fingerprint density at radius 1 is 0.960 bits per heavy atom. The average molecular weight is 453 g/mol. The summed E-state index contributed by atoms with van der Waals surface area (Å²) in [7, 11) is 0. The zero-order valence-electron chi connectivity index (χ0n) is 14.5. The van der Waals surface area contributed by atoms with Crippen LogP contribution in [0.3, 0.4) is 0 Å². The van der Waals surface area contributed by atoms with Gasteiger partial charge in [-0.25, -0.2) is 0 Å². The van der Waals surface area contributed by atoms with Crippen molar-refractivity contribution in [3.8, 4) is 0 Å². The molecule has 0 aliphatic rings. The Kier molecular flexibility index (Phi) is 5.82. The zero-order chi connectivity index (χ0) is 18.8. The van der Waals surface area contributed by atoms with E-state index in [1.165, 1.54) is 12.1 Å². The van der Waals surface area contributed by atoms with Crippen molar-refractivity contribution in [2.24, 2.45) is 0 Å². The molecular formula is C20H21F3OSn. The molecule has 2 aromatic carbocycles. The first-order valence-corrected chi connectivity index (χ1v) is 18.0. The SMILES string of the molecule is C=[C](C(C(=O)c1ccccc1)c1ccc(C(F)(F)F)cc1)[Sn]([CH3])([CH3])[CH3]. The third-order valence-electron chi connectivity index (χ3n) is 4.20. The molecule has 132 valence electrons. The second-order valence-corrected chi connectivity index (χ2v) is 21.7. The van der Waals surface area contributed by atoms with E-state index in [1.807, 2.05) is 6.07 Å². The molecule has 2 aromatic rings. The molecule has 1 atom stereocenters. The molecule has 1 nitrogen and oxygen atoms in total. The molecule has 1 unspecified atom stereocenters. The number of hydrogen-bond donors (Lipinski definition) is 0. The summed E-state index contributed by atoms with van der Waals surface area (Å²) >= 11 is -2.67. The summed E-state index contributed by atoms with van der Waals surface area (Å²) < 4.78 is 39.3. The Bertz CT molecular complexity index is 756. The first kappa shape index (κ1) is 19.8. The number of halogens is 3. The van der Waals surface area contributed by atoms with Gasteiger partial charge in [0, 0.05) is 0 Å². The van der Waals surface area contributed by atoms with Crippen LogP contribution in [-0.2, 0) is 6.18 Å². The molecule has 5 heteroatoms. The molecule has 0 N–H and O–H groups in total. The van der Waals surface area contributed by atoms with Gasteiger partial charge < -0.3 is 0 Å². The number of Topliss-reactive ketones (excluding diaryl/α,β-unsaturated/α-hetero) is 1. The van der Waals surface area contributed by atoms with Gasteiger partial charge in [-0.3, -0.25) is 0 Å². The van der Waals surface area contributed by atoms with E-state index in [1.54, 1.807) is 24.3 Å². The normalized spacial score (nSPS) is 13.4. The van der Waals surface area contributed by atoms with Crippen LogP contribution in [0.1, 0.15) is 27.4 Å². The Morgan fingerprint density at radius 2 is 1.48 bits per heavy atom. The summed E-state index contributed by atoms with van der Waals surface area (Å²) in [6.07, 6.45) is -4.39. The molecule has 0 radical (unpaired) electrons. The fourth-order valence-corrected chi connectivity index (χ4v) is 5.90. The maximum atomic E-state index is 13.1. The van der Waals surface area contributed by atoms with Gasteiger partial charge in [-0.05, 0) is 0 Å². The van der Waals surface area contributed by atoms with E-state index < -0.39 is 36.0 Å². The van der Waals surface area contributed by atoms with E-state index in [-0.39, 0.29) is 5.78 Å². The van der Waals surface area contributed by atoms with E-state index in [2.05, 4.69) is 21.4 Å². The van der Waals surface area contributed by atoms with E-state index in [0.717, 1.165) is 15.7 Å². The third kappa shape index (κ3) is 4.75. The van der Waals surface area contributed by atoms with Crippen LogP contribution in [0.4, 0.5) is 13.2 Å². The van der Waals surface area contributed by atoms with E-state index in [4.69, 9.17) is 0 Å². The van der Waals surface area contributed by atoms with Crippen LogP contribution >= 0.6 is 0 Å². The van der Waals surface area contributed by atoms with Gasteiger partial charge in [0.25, 0.3) is 0 Å². The maximum absolute atomic E-state index is 13.1. The molecule has 0 aliphatic carbocycles. The molecule has 0 fully saturated rings. The van der Waals surface area contributed by atoms with E-state index in [0.29, 0.717) is 11.1 Å². The number of carbonyl (C=O) groups excluding carboxylic acids is 1. The summed E-state index contributed by atoms with van der Waals surface area (Å²) in [5.74, 6) is -0.711. The molecule has 0 aliphatic heterocycles. The van der Waals surface area contributed by atoms with Crippen molar-refractivity contribution in [2.75, 3.05) is 0 Å². The molecule has 0 saturated carbocycles. The van der Waals surface area contributed by atoms with Gasteiger partial charge in [-0.1, -0.05) is 0 Å². The monoisotopic (exact) mass is 454 g/mol. The van der Waals surface area contributed by atoms with Crippen LogP contribution in [0.15, 0.2) is 64.8 Å². The Labute approximate surface area is 150 Å². The molecule has 0 aromatic heterocycles. The summed E-state index contributed by atoms with van der Waals surface area (Å²) in [5.41, 5.74) is 0.398. The summed E-state index contributed by atoms with van der Waals surface area (Å²) in [6, 6.07) is 13.7. The molecular weight excluding hydrogens is 432 g/mol. The molecule has 0 spiro atoms. The molecule has 0 bridgehead atoms. The molecule has 0 amide bonds. The topological polar surface area (TPSA) is 17.1 Å². The minimum atomic E-state index is -4.39. The van der Waals surface area contributed by atoms with E-state index >= 15 is 0 Å². The van der Waals surface area contributed by atoms with Crippen LogP contribution in [0.5, 0.6) is 0 Å². The predicted molar refractivity (Wildman–Crippen MR) is 97.4 cm³/mol. The molecule has 0 saturated heterocycles. The second-order valence-electron chi connectivity index (χ2n) is 7.06. The summed E-state index contributed by atoms with van der Waals surface area (Å²) in [6.45, 7) is 4.17. The number of alkyl halides is 3. The quantitative estimate of drug-likeness (QED) is 0.395. The average Bonchev–Trinajstić information content (AvgIpc) is 2.54. The van der Waals surface area contributed by atoms with Gasteiger partial charge in [0.15, 0.2) is 0 Å². The van der Waals surface area contributed by atoms with Gasteiger partial charge in [-0.15, -0.1) is 0 Å². The fraction of sp³-hybridized carbons (Fsp3) is 0.250. The number of rotatable bonds is 5. The first-order valence-electron chi connectivity index (χ1n) is 7.97. The molecule has 25 heavy (non-hydrogen) atoms. The van der Waals surface area contributed by atoms with Crippen molar-refractivity contribution in [1.29, 1.82) is 0 Å². The van der Waals surface area contributed by atoms with Crippen molar-refractivity contribution in [2.45, 2.75) is 26.9 Å². The number of hydrogen-bond acceptors (Lipinski definition) is 1. The standard InChI is InChI=1S/C17H12F3O.3CH3.Sn/c1-2-15(16(21)13-6-4-3-5-7-13)12-8-10-14(11-9-12)17(18,19)20;;;;/h3-11,15H,1H2;3*1H3;. The van der Waals surface area contributed by atoms with Crippen molar-refractivity contribution < 1.29 is 18.0 Å². The van der Waals surface area contributed by atoms with Crippen LogP contribution < -0.4 is 0 Å². The van der Waals surface area contributed by atoms with Gasteiger partial charge >= 0.3 is 150 Å². The molecule has 0 heterocycles. The number of allylic oxidation sites excluding steroid dienone is 1. The molecule has 2 rings (SSSR count). The second kappa shape index (κ2) is 7.36. The van der Waals surface area contributed by atoms with E-state index in [9.17, 15) is 18.0 Å². The predicted octanol–water partition coefficient (Wildman–Crippen LogP) is 6.11. The van der Waals surface area contributed by atoms with Crippen molar-refractivity contribution in [3.63, 3.8) is 0 Å². The minimum absolute atomic E-state index is 0.114. The Morgan fingerprint density at radius 3 is 1.92 bits per heavy atom. The summed E-state index contributed by atoms with van der Waals surface area (Å²) in [4.78, 5) is 19.5. The van der Waals surface area contributed by atoms with Gasteiger partial charge in [-0.2, -0.15) is 0 Å². The van der Waals surface area contributed by atoms with Crippen molar-refractivity contribution in [1.82, 2.24) is 0 Å².